The quantitative estimate of drug-likeness (QED) is 0.914. The van der Waals surface area contributed by atoms with Gasteiger partial charge in [-0.05, 0) is 37.6 Å². The number of likely N-dealkylation sites (tertiary alicyclic amines) is 1. The van der Waals surface area contributed by atoms with Gasteiger partial charge in [-0.1, -0.05) is 11.6 Å². The molecule has 1 aromatic carbocycles. The van der Waals surface area contributed by atoms with E-state index < -0.39 is 0 Å². The standard InChI is InChI=1S/C13H18ClFN2O/c14-12-8-10(15)3-4-13(12)18-7-6-17-5-1-2-11(16)9-17/h3-4,8,11H,1-2,5-7,9,16H2/t11-/m1/s1. The predicted octanol–water partition coefficient (Wildman–Crippen LogP) is 2.28. The van der Waals surface area contributed by atoms with E-state index in [1.165, 1.54) is 12.1 Å². The van der Waals surface area contributed by atoms with E-state index in [1.807, 2.05) is 0 Å². The second-order valence-corrected chi connectivity index (χ2v) is 5.03. The summed E-state index contributed by atoms with van der Waals surface area (Å²) in [6.45, 7) is 3.34. The highest BCUT2D eigenvalue weighted by Gasteiger charge is 2.16. The average Bonchev–Trinajstić information content (AvgIpc) is 2.32. The van der Waals surface area contributed by atoms with Crippen LogP contribution in [0.15, 0.2) is 18.2 Å². The third-order valence-electron chi connectivity index (χ3n) is 3.10. The molecule has 1 aromatic rings. The Morgan fingerprint density at radius 3 is 3.06 bits per heavy atom. The Morgan fingerprint density at radius 2 is 2.33 bits per heavy atom. The molecule has 1 saturated heterocycles. The SMILES string of the molecule is N[C@@H]1CCCN(CCOc2ccc(F)cc2Cl)C1. The molecule has 0 unspecified atom stereocenters. The smallest absolute Gasteiger partial charge is 0.138 e. The van der Waals surface area contributed by atoms with E-state index in [2.05, 4.69) is 4.90 Å². The van der Waals surface area contributed by atoms with E-state index in [0.717, 1.165) is 32.5 Å². The van der Waals surface area contributed by atoms with Gasteiger partial charge in [-0.25, -0.2) is 4.39 Å². The van der Waals surface area contributed by atoms with Crippen molar-refractivity contribution in [3.05, 3.63) is 29.0 Å². The van der Waals surface area contributed by atoms with Gasteiger partial charge in [0.05, 0.1) is 5.02 Å². The largest absolute Gasteiger partial charge is 0.491 e. The number of hydrogen-bond acceptors (Lipinski definition) is 3. The first-order chi connectivity index (χ1) is 8.65. The van der Waals surface area contributed by atoms with Crippen molar-refractivity contribution >= 4 is 11.6 Å². The summed E-state index contributed by atoms with van der Waals surface area (Å²) in [6, 6.07) is 4.43. The lowest BCUT2D eigenvalue weighted by molar-refractivity contribution is 0.171. The molecule has 1 atom stereocenters. The highest BCUT2D eigenvalue weighted by molar-refractivity contribution is 6.32. The van der Waals surface area contributed by atoms with Gasteiger partial charge in [0.1, 0.15) is 18.2 Å². The van der Waals surface area contributed by atoms with E-state index in [-0.39, 0.29) is 11.9 Å². The van der Waals surface area contributed by atoms with Crippen LogP contribution in [0, 0.1) is 5.82 Å². The number of hydrogen-bond donors (Lipinski definition) is 1. The van der Waals surface area contributed by atoms with Crippen LogP contribution >= 0.6 is 11.6 Å². The Bertz CT molecular complexity index is 403. The average molecular weight is 273 g/mol. The predicted molar refractivity (Wildman–Crippen MR) is 70.6 cm³/mol. The van der Waals surface area contributed by atoms with E-state index in [4.69, 9.17) is 22.1 Å². The zero-order valence-electron chi connectivity index (χ0n) is 10.2. The van der Waals surface area contributed by atoms with E-state index in [9.17, 15) is 4.39 Å². The Balaban J connectivity index is 1.77. The fourth-order valence-electron chi connectivity index (χ4n) is 2.17. The summed E-state index contributed by atoms with van der Waals surface area (Å²) in [5, 5.41) is 0.311. The van der Waals surface area contributed by atoms with Crippen LogP contribution in [0.5, 0.6) is 5.75 Å². The summed E-state index contributed by atoms with van der Waals surface area (Å²) >= 11 is 5.88. The number of benzene rings is 1. The third kappa shape index (κ3) is 3.83. The van der Waals surface area contributed by atoms with Crippen molar-refractivity contribution in [1.82, 2.24) is 4.90 Å². The van der Waals surface area contributed by atoms with E-state index in [1.54, 1.807) is 6.07 Å². The molecular formula is C13H18ClFN2O. The Kier molecular flexibility index (Phi) is 4.80. The number of halogens is 2. The lowest BCUT2D eigenvalue weighted by atomic mass is 10.1. The monoisotopic (exact) mass is 272 g/mol. The molecule has 2 rings (SSSR count). The zero-order chi connectivity index (χ0) is 13.0. The molecule has 0 aliphatic carbocycles. The number of piperidine rings is 1. The minimum absolute atomic E-state index is 0.271. The summed E-state index contributed by atoms with van der Waals surface area (Å²) in [5.74, 6) is 0.175. The first-order valence-corrected chi connectivity index (χ1v) is 6.59. The molecule has 2 N–H and O–H groups in total. The van der Waals surface area contributed by atoms with Crippen LogP contribution in [-0.2, 0) is 0 Å². The van der Waals surface area contributed by atoms with Gasteiger partial charge in [0.2, 0.25) is 0 Å². The van der Waals surface area contributed by atoms with Crippen LogP contribution in [0.1, 0.15) is 12.8 Å². The molecule has 18 heavy (non-hydrogen) atoms. The molecule has 0 saturated carbocycles. The van der Waals surface area contributed by atoms with Crippen molar-refractivity contribution in [1.29, 1.82) is 0 Å². The van der Waals surface area contributed by atoms with Crippen molar-refractivity contribution in [3.8, 4) is 5.75 Å². The molecule has 1 fully saturated rings. The van der Waals surface area contributed by atoms with Crippen molar-refractivity contribution < 1.29 is 9.13 Å². The topological polar surface area (TPSA) is 38.5 Å². The molecule has 3 nitrogen and oxygen atoms in total. The molecule has 1 aliphatic heterocycles. The van der Waals surface area contributed by atoms with Crippen LogP contribution in [0.25, 0.3) is 0 Å². The molecule has 0 radical (unpaired) electrons. The van der Waals surface area contributed by atoms with Crippen LogP contribution in [0.3, 0.4) is 0 Å². The maximum atomic E-state index is 12.8. The first-order valence-electron chi connectivity index (χ1n) is 6.21. The van der Waals surface area contributed by atoms with Gasteiger partial charge in [-0.2, -0.15) is 0 Å². The van der Waals surface area contributed by atoms with Gasteiger partial charge in [0.25, 0.3) is 0 Å². The lowest BCUT2D eigenvalue weighted by Crippen LogP contribution is -2.44. The molecule has 0 bridgehead atoms. The lowest BCUT2D eigenvalue weighted by Gasteiger charge is -2.30. The van der Waals surface area contributed by atoms with Gasteiger partial charge in [0.15, 0.2) is 0 Å². The summed E-state index contributed by atoms with van der Waals surface area (Å²) in [5.41, 5.74) is 5.90. The second-order valence-electron chi connectivity index (χ2n) is 4.63. The zero-order valence-corrected chi connectivity index (χ0v) is 11.0. The number of ether oxygens (including phenoxy) is 1. The number of nitrogens with zero attached hydrogens (tertiary/aromatic N) is 1. The fourth-order valence-corrected chi connectivity index (χ4v) is 2.39. The van der Waals surface area contributed by atoms with Crippen molar-refractivity contribution in [2.75, 3.05) is 26.2 Å². The molecule has 5 heteroatoms. The summed E-state index contributed by atoms with van der Waals surface area (Å²) < 4.78 is 18.4. The maximum absolute atomic E-state index is 12.8. The van der Waals surface area contributed by atoms with Gasteiger partial charge < -0.3 is 10.5 Å². The molecule has 1 aliphatic rings. The normalized spacial score (nSPS) is 20.9. The number of nitrogens with two attached hydrogens (primary N) is 1. The van der Waals surface area contributed by atoms with Gasteiger partial charge in [-0.3, -0.25) is 4.90 Å². The minimum Gasteiger partial charge on any atom is -0.491 e. The molecule has 100 valence electrons. The molecular weight excluding hydrogens is 255 g/mol. The van der Waals surface area contributed by atoms with Crippen LogP contribution in [0.4, 0.5) is 4.39 Å². The molecule has 0 spiro atoms. The molecule has 1 heterocycles. The Labute approximate surface area is 112 Å². The summed E-state index contributed by atoms with van der Waals surface area (Å²) in [6.07, 6.45) is 2.24. The van der Waals surface area contributed by atoms with Gasteiger partial charge in [-0.15, -0.1) is 0 Å². The van der Waals surface area contributed by atoms with E-state index >= 15 is 0 Å². The third-order valence-corrected chi connectivity index (χ3v) is 3.40. The maximum Gasteiger partial charge on any atom is 0.138 e. The highest BCUT2D eigenvalue weighted by atomic mass is 35.5. The van der Waals surface area contributed by atoms with Gasteiger partial charge >= 0.3 is 0 Å². The van der Waals surface area contributed by atoms with E-state index in [0.29, 0.717) is 17.4 Å². The Morgan fingerprint density at radius 1 is 1.50 bits per heavy atom. The fraction of sp³-hybridized carbons (Fsp3) is 0.538. The minimum atomic E-state index is -0.352. The van der Waals surface area contributed by atoms with Crippen molar-refractivity contribution in [3.63, 3.8) is 0 Å². The van der Waals surface area contributed by atoms with Crippen LogP contribution in [0.2, 0.25) is 5.02 Å². The van der Waals surface area contributed by atoms with Crippen LogP contribution in [-0.4, -0.2) is 37.2 Å². The molecule has 0 amide bonds. The van der Waals surface area contributed by atoms with Gasteiger partial charge in [0, 0.05) is 19.1 Å². The highest BCUT2D eigenvalue weighted by Crippen LogP contribution is 2.24. The summed E-state index contributed by atoms with van der Waals surface area (Å²) in [4.78, 5) is 2.28. The second kappa shape index (κ2) is 6.36. The molecule has 0 aromatic heterocycles. The van der Waals surface area contributed by atoms with Crippen LogP contribution < -0.4 is 10.5 Å². The van der Waals surface area contributed by atoms with Crippen molar-refractivity contribution in [2.45, 2.75) is 18.9 Å². The number of rotatable bonds is 4. The van der Waals surface area contributed by atoms with Crippen molar-refractivity contribution in [2.24, 2.45) is 5.73 Å². The first kappa shape index (κ1) is 13.6. The summed E-state index contributed by atoms with van der Waals surface area (Å²) in [7, 11) is 0. The Hall–Kier alpha value is -0.840.